The van der Waals surface area contributed by atoms with Crippen LogP contribution in [0.1, 0.15) is 24.1 Å². The van der Waals surface area contributed by atoms with Crippen LogP contribution < -0.4 is 5.32 Å². The summed E-state index contributed by atoms with van der Waals surface area (Å²) in [4.78, 5) is 0. The molecule has 0 aromatic heterocycles. The van der Waals surface area contributed by atoms with Gasteiger partial charge in [0.25, 0.3) is 0 Å². The molecule has 1 unspecified atom stereocenters. The summed E-state index contributed by atoms with van der Waals surface area (Å²) in [7, 11) is 0. The van der Waals surface area contributed by atoms with Crippen molar-refractivity contribution in [2.75, 3.05) is 6.54 Å². The average molecular weight is 297 g/mol. The molecule has 1 N–H and O–H groups in total. The second-order valence-corrected chi connectivity index (χ2v) is 4.72. The molecule has 2 rings (SSSR count). The van der Waals surface area contributed by atoms with E-state index in [2.05, 4.69) is 5.32 Å². The average Bonchev–Trinajstić information content (AvgIpc) is 2.45. The molecule has 0 aliphatic heterocycles. The molecule has 0 bridgehead atoms. The molecule has 0 spiro atoms. The summed E-state index contributed by atoms with van der Waals surface area (Å²) >= 11 is 0. The third-order valence-corrected chi connectivity index (χ3v) is 3.22. The fourth-order valence-electron chi connectivity index (χ4n) is 2.24. The standard InChI is InChI=1S/C16H15F4N/c1-2-21-16(13-9-12(18)4-6-15(13)20)8-10-7-11(17)3-5-14(10)19/h3-7,9,16,21H,2,8H2,1H3. The molecule has 112 valence electrons. The van der Waals surface area contributed by atoms with Crippen LogP contribution in [0.5, 0.6) is 0 Å². The van der Waals surface area contributed by atoms with Crippen LogP contribution in [0.3, 0.4) is 0 Å². The number of rotatable bonds is 5. The van der Waals surface area contributed by atoms with Crippen LogP contribution in [0.2, 0.25) is 0 Å². The molecule has 0 heterocycles. The van der Waals surface area contributed by atoms with Gasteiger partial charge in [0.05, 0.1) is 0 Å². The molecule has 0 amide bonds. The Bertz CT molecular complexity index is 628. The Morgan fingerprint density at radius 2 is 1.52 bits per heavy atom. The molecule has 0 saturated heterocycles. The maximum Gasteiger partial charge on any atom is 0.128 e. The molecule has 0 radical (unpaired) electrons. The lowest BCUT2D eigenvalue weighted by atomic mass is 9.97. The van der Waals surface area contributed by atoms with Crippen molar-refractivity contribution in [2.45, 2.75) is 19.4 Å². The fourth-order valence-corrected chi connectivity index (χ4v) is 2.24. The summed E-state index contributed by atoms with van der Waals surface area (Å²) in [5.41, 5.74) is 0.213. The summed E-state index contributed by atoms with van der Waals surface area (Å²) in [5.74, 6) is -2.30. The summed E-state index contributed by atoms with van der Waals surface area (Å²) in [6.45, 7) is 2.28. The highest BCUT2D eigenvalue weighted by Gasteiger charge is 2.18. The lowest BCUT2D eigenvalue weighted by Crippen LogP contribution is -2.24. The minimum Gasteiger partial charge on any atom is -0.310 e. The highest BCUT2D eigenvalue weighted by Crippen LogP contribution is 2.24. The van der Waals surface area contributed by atoms with E-state index >= 15 is 0 Å². The predicted molar refractivity (Wildman–Crippen MR) is 72.8 cm³/mol. The van der Waals surface area contributed by atoms with Gasteiger partial charge in [0.1, 0.15) is 23.3 Å². The lowest BCUT2D eigenvalue weighted by molar-refractivity contribution is 0.489. The van der Waals surface area contributed by atoms with Crippen molar-refractivity contribution in [3.8, 4) is 0 Å². The van der Waals surface area contributed by atoms with Gasteiger partial charge in [-0.2, -0.15) is 0 Å². The van der Waals surface area contributed by atoms with Crippen LogP contribution in [-0.2, 0) is 6.42 Å². The Morgan fingerprint density at radius 3 is 2.19 bits per heavy atom. The number of hydrogen-bond donors (Lipinski definition) is 1. The first kappa shape index (κ1) is 15.5. The minimum atomic E-state index is -0.637. The van der Waals surface area contributed by atoms with Gasteiger partial charge in [0.15, 0.2) is 0 Å². The summed E-state index contributed by atoms with van der Waals surface area (Å²) in [6.07, 6.45) is 0.0256. The van der Waals surface area contributed by atoms with E-state index in [1.54, 1.807) is 6.92 Å². The SMILES string of the molecule is CCNC(Cc1cc(F)ccc1F)c1cc(F)ccc1F. The monoisotopic (exact) mass is 297 g/mol. The van der Waals surface area contributed by atoms with Crippen molar-refractivity contribution in [2.24, 2.45) is 0 Å². The van der Waals surface area contributed by atoms with E-state index < -0.39 is 29.3 Å². The van der Waals surface area contributed by atoms with E-state index in [1.165, 1.54) is 0 Å². The number of benzene rings is 2. The van der Waals surface area contributed by atoms with E-state index in [4.69, 9.17) is 0 Å². The van der Waals surface area contributed by atoms with Crippen molar-refractivity contribution >= 4 is 0 Å². The van der Waals surface area contributed by atoms with Crippen LogP contribution in [0.25, 0.3) is 0 Å². The van der Waals surface area contributed by atoms with Crippen molar-refractivity contribution in [3.63, 3.8) is 0 Å². The molecule has 2 aromatic carbocycles. The summed E-state index contributed by atoms with van der Waals surface area (Å²) in [5, 5.41) is 2.97. The third-order valence-electron chi connectivity index (χ3n) is 3.22. The van der Waals surface area contributed by atoms with Crippen LogP contribution >= 0.6 is 0 Å². The molecule has 1 nitrogen and oxygen atoms in total. The Balaban J connectivity index is 2.35. The lowest BCUT2D eigenvalue weighted by Gasteiger charge is -2.19. The van der Waals surface area contributed by atoms with Crippen molar-refractivity contribution < 1.29 is 17.6 Å². The normalized spacial score (nSPS) is 12.4. The first-order valence-electron chi connectivity index (χ1n) is 6.63. The zero-order valence-electron chi connectivity index (χ0n) is 11.5. The van der Waals surface area contributed by atoms with Gasteiger partial charge in [0, 0.05) is 11.6 Å². The number of halogens is 4. The number of likely N-dealkylation sites (N-methyl/N-ethyl adjacent to an activating group) is 1. The fraction of sp³-hybridized carbons (Fsp3) is 0.250. The van der Waals surface area contributed by atoms with Crippen LogP contribution in [0.4, 0.5) is 17.6 Å². The van der Waals surface area contributed by atoms with E-state index in [9.17, 15) is 17.6 Å². The summed E-state index contributed by atoms with van der Waals surface area (Å²) < 4.78 is 54.1. The Kier molecular flexibility index (Phi) is 4.96. The number of nitrogens with one attached hydrogen (secondary N) is 1. The van der Waals surface area contributed by atoms with Gasteiger partial charge < -0.3 is 5.32 Å². The maximum atomic E-state index is 13.9. The van der Waals surface area contributed by atoms with Gasteiger partial charge in [-0.25, -0.2) is 17.6 Å². The molecule has 2 aromatic rings. The zero-order chi connectivity index (χ0) is 15.4. The van der Waals surface area contributed by atoms with Crippen LogP contribution in [0.15, 0.2) is 36.4 Å². The van der Waals surface area contributed by atoms with Gasteiger partial charge in [-0.15, -0.1) is 0 Å². The molecular formula is C16H15F4N. The highest BCUT2D eigenvalue weighted by atomic mass is 19.1. The van der Waals surface area contributed by atoms with E-state index in [0.29, 0.717) is 6.54 Å². The van der Waals surface area contributed by atoms with Gasteiger partial charge >= 0.3 is 0 Å². The van der Waals surface area contributed by atoms with Crippen LogP contribution in [-0.4, -0.2) is 6.54 Å². The van der Waals surface area contributed by atoms with Crippen molar-refractivity contribution in [1.29, 1.82) is 0 Å². The van der Waals surface area contributed by atoms with Crippen molar-refractivity contribution in [3.05, 3.63) is 70.8 Å². The number of hydrogen-bond acceptors (Lipinski definition) is 1. The van der Waals surface area contributed by atoms with Crippen LogP contribution in [0, 0.1) is 23.3 Å². The molecule has 0 saturated carbocycles. The second kappa shape index (κ2) is 6.72. The molecule has 0 fully saturated rings. The molecule has 1 atom stereocenters. The molecule has 0 aliphatic carbocycles. The van der Waals surface area contributed by atoms with Gasteiger partial charge in [-0.1, -0.05) is 6.92 Å². The quantitative estimate of drug-likeness (QED) is 0.818. The maximum absolute atomic E-state index is 13.9. The predicted octanol–water partition coefficient (Wildman–Crippen LogP) is 4.14. The molecule has 21 heavy (non-hydrogen) atoms. The largest absolute Gasteiger partial charge is 0.310 e. The first-order chi connectivity index (χ1) is 10.0. The van der Waals surface area contributed by atoms with E-state index in [1.807, 2.05) is 0 Å². The van der Waals surface area contributed by atoms with E-state index in [-0.39, 0.29) is 17.5 Å². The Morgan fingerprint density at radius 1 is 0.905 bits per heavy atom. The first-order valence-corrected chi connectivity index (χ1v) is 6.63. The topological polar surface area (TPSA) is 12.0 Å². The minimum absolute atomic E-state index is 0.0256. The highest BCUT2D eigenvalue weighted by molar-refractivity contribution is 5.27. The second-order valence-electron chi connectivity index (χ2n) is 4.72. The summed E-state index contributed by atoms with van der Waals surface area (Å²) in [6, 6.07) is 5.58. The van der Waals surface area contributed by atoms with Gasteiger partial charge in [0.2, 0.25) is 0 Å². The van der Waals surface area contributed by atoms with E-state index in [0.717, 1.165) is 36.4 Å². The zero-order valence-corrected chi connectivity index (χ0v) is 11.5. The smallest absolute Gasteiger partial charge is 0.128 e. The Hall–Kier alpha value is -1.88. The molecular weight excluding hydrogens is 282 g/mol. The van der Waals surface area contributed by atoms with Gasteiger partial charge in [-0.3, -0.25) is 0 Å². The molecule has 0 aliphatic rings. The molecule has 5 heteroatoms. The van der Waals surface area contributed by atoms with Crippen molar-refractivity contribution in [1.82, 2.24) is 5.32 Å². The van der Waals surface area contributed by atoms with Gasteiger partial charge in [-0.05, 0) is 54.9 Å². The third kappa shape index (κ3) is 3.82. The Labute approximate surface area is 120 Å².